The summed E-state index contributed by atoms with van der Waals surface area (Å²) in [4.78, 5) is 14.5. The van der Waals surface area contributed by atoms with Gasteiger partial charge in [-0.05, 0) is 6.92 Å². The number of hydrogen-bond donors (Lipinski definition) is 0. The van der Waals surface area contributed by atoms with Gasteiger partial charge in [-0.15, -0.1) is 11.3 Å². The number of rotatable bonds is 1. The summed E-state index contributed by atoms with van der Waals surface area (Å²) >= 11 is 12.4. The molecule has 1 heterocycles. The molecule has 0 radical (unpaired) electrons. The Morgan fingerprint density at radius 3 is 2.64 bits per heavy atom. The quantitative estimate of drug-likeness (QED) is 0.664. The van der Waals surface area contributed by atoms with Gasteiger partial charge in [0, 0.05) is 0 Å². The number of allylic oxidation sites excluding steroid dienone is 1. The van der Waals surface area contributed by atoms with Gasteiger partial charge >= 0.3 is 0 Å². The lowest BCUT2D eigenvalue weighted by atomic mass is 10.3. The van der Waals surface area contributed by atoms with Crippen molar-refractivity contribution in [3.05, 3.63) is 14.5 Å². The summed E-state index contributed by atoms with van der Waals surface area (Å²) < 4.78 is 0.333. The van der Waals surface area contributed by atoms with E-state index in [9.17, 15) is 4.79 Å². The number of nitrogens with zero attached hydrogens (tertiary/aromatic N) is 1. The summed E-state index contributed by atoms with van der Waals surface area (Å²) in [6, 6.07) is 0. The molecule has 0 aromatic carbocycles. The number of halogens is 2. The van der Waals surface area contributed by atoms with Crippen LogP contribution < -0.4 is 0 Å². The predicted octanol–water partition coefficient (Wildman–Crippen LogP) is 2.68. The van der Waals surface area contributed by atoms with Gasteiger partial charge in [-0.3, -0.25) is 0 Å². The van der Waals surface area contributed by atoms with E-state index in [1.807, 2.05) is 0 Å². The average Bonchev–Trinajstić information content (AvgIpc) is 2.28. The van der Waals surface area contributed by atoms with Crippen molar-refractivity contribution in [1.29, 1.82) is 0 Å². The SMILES string of the molecule is CC(=C=O)c1sc(Cl)nc1Cl. The smallest absolute Gasteiger partial charge is 0.185 e. The Labute approximate surface area is 77.5 Å². The molecule has 0 aliphatic rings. The monoisotopic (exact) mass is 207 g/mol. The van der Waals surface area contributed by atoms with Crippen LogP contribution in [-0.2, 0) is 4.79 Å². The fraction of sp³-hybridized carbons (Fsp3) is 0.167. The molecule has 0 spiro atoms. The fourth-order valence-electron chi connectivity index (χ4n) is 0.555. The number of carbonyl (C=O) groups excluding carboxylic acids is 1. The Bertz CT molecular complexity index is 327. The van der Waals surface area contributed by atoms with Crippen LogP contribution in [0.2, 0.25) is 9.62 Å². The van der Waals surface area contributed by atoms with E-state index in [4.69, 9.17) is 23.2 Å². The molecule has 58 valence electrons. The van der Waals surface area contributed by atoms with E-state index >= 15 is 0 Å². The molecule has 0 bridgehead atoms. The molecule has 1 aromatic rings. The fourth-order valence-corrected chi connectivity index (χ4v) is 1.94. The lowest BCUT2D eigenvalue weighted by molar-refractivity contribution is 0.569. The number of thiazole rings is 1. The second kappa shape index (κ2) is 3.37. The maximum Gasteiger partial charge on any atom is 0.185 e. The van der Waals surface area contributed by atoms with Crippen LogP contribution in [0, 0.1) is 0 Å². The summed E-state index contributed by atoms with van der Waals surface area (Å²) in [7, 11) is 0. The maximum atomic E-state index is 10.2. The van der Waals surface area contributed by atoms with Gasteiger partial charge in [0.2, 0.25) is 0 Å². The lowest BCUT2D eigenvalue weighted by Gasteiger charge is -1.86. The highest BCUT2D eigenvalue weighted by molar-refractivity contribution is 7.17. The Kier molecular flexibility index (Phi) is 2.68. The molecule has 0 N–H and O–H groups in total. The Morgan fingerprint density at radius 2 is 2.27 bits per heavy atom. The summed E-state index contributed by atoms with van der Waals surface area (Å²) in [5.74, 6) is 1.73. The summed E-state index contributed by atoms with van der Waals surface area (Å²) in [5, 5.41) is 0.265. The standard InChI is InChI=1S/C6H3Cl2NOS/c1-3(2-10)4-5(7)9-6(8)11-4/h1H3. The molecule has 0 atom stereocenters. The minimum Gasteiger partial charge on any atom is -0.233 e. The Morgan fingerprint density at radius 1 is 1.64 bits per heavy atom. The van der Waals surface area contributed by atoms with Crippen molar-refractivity contribution in [3.8, 4) is 0 Å². The summed E-state index contributed by atoms with van der Waals surface area (Å²) in [5.41, 5.74) is 0.430. The van der Waals surface area contributed by atoms with Crippen molar-refractivity contribution >= 4 is 46.1 Å². The van der Waals surface area contributed by atoms with Gasteiger partial charge in [-0.25, -0.2) is 9.78 Å². The topological polar surface area (TPSA) is 30.0 Å². The molecule has 5 heteroatoms. The third kappa shape index (κ3) is 1.82. The third-order valence-corrected chi connectivity index (χ3v) is 2.72. The van der Waals surface area contributed by atoms with E-state index in [2.05, 4.69) is 4.98 Å². The van der Waals surface area contributed by atoms with Crippen molar-refractivity contribution < 1.29 is 4.79 Å². The Balaban J connectivity index is 3.23. The molecular formula is C6H3Cl2NOS. The van der Waals surface area contributed by atoms with Crippen LogP contribution in [0.1, 0.15) is 11.8 Å². The van der Waals surface area contributed by atoms with Crippen LogP contribution in [0.25, 0.3) is 5.57 Å². The van der Waals surface area contributed by atoms with Crippen LogP contribution >= 0.6 is 34.5 Å². The molecule has 0 saturated carbocycles. The summed E-state index contributed by atoms with van der Waals surface area (Å²) in [6.07, 6.45) is 0. The van der Waals surface area contributed by atoms with Crippen LogP contribution in [0.15, 0.2) is 0 Å². The Hall–Kier alpha value is -0.340. The first kappa shape index (κ1) is 8.75. The number of hydrogen-bond acceptors (Lipinski definition) is 3. The van der Waals surface area contributed by atoms with Gasteiger partial charge in [-0.2, -0.15) is 0 Å². The van der Waals surface area contributed by atoms with E-state index < -0.39 is 0 Å². The van der Waals surface area contributed by atoms with E-state index in [-0.39, 0.29) is 5.15 Å². The normalized spacial score (nSPS) is 9.36. The van der Waals surface area contributed by atoms with Gasteiger partial charge in [-0.1, -0.05) is 23.2 Å². The zero-order valence-corrected chi connectivity index (χ0v) is 7.85. The van der Waals surface area contributed by atoms with Crippen molar-refractivity contribution in [1.82, 2.24) is 4.98 Å². The highest BCUT2D eigenvalue weighted by Gasteiger charge is 2.09. The first-order valence-electron chi connectivity index (χ1n) is 2.69. The van der Waals surface area contributed by atoms with Gasteiger partial charge < -0.3 is 0 Å². The van der Waals surface area contributed by atoms with Crippen molar-refractivity contribution in [3.63, 3.8) is 0 Å². The predicted molar refractivity (Wildman–Crippen MR) is 46.9 cm³/mol. The lowest BCUT2D eigenvalue weighted by Crippen LogP contribution is -1.73. The molecule has 1 aromatic heterocycles. The van der Waals surface area contributed by atoms with Crippen LogP contribution in [-0.4, -0.2) is 10.9 Å². The highest BCUT2D eigenvalue weighted by Crippen LogP contribution is 2.30. The first-order chi connectivity index (χ1) is 5.15. The van der Waals surface area contributed by atoms with Gasteiger partial charge in [0.25, 0.3) is 0 Å². The molecule has 1 rings (SSSR count). The minimum absolute atomic E-state index is 0.265. The van der Waals surface area contributed by atoms with E-state index in [1.54, 1.807) is 12.9 Å². The van der Waals surface area contributed by atoms with Gasteiger partial charge in [0.05, 0.1) is 10.5 Å². The van der Waals surface area contributed by atoms with Crippen molar-refractivity contribution in [2.24, 2.45) is 0 Å². The van der Waals surface area contributed by atoms with E-state index in [0.29, 0.717) is 14.9 Å². The van der Waals surface area contributed by atoms with E-state index in [1.165, 1.54) is 11.3 Å². The molecule has 11 heavy (non-hydrogen) atoms. The van der Waals surface area contributed by atoms with Gasteiger partial charge in [0.15, 0.2) is 4.47 Å². The van der Waals surface area contributed by atoms with Gasteiger partial charge in [0.1, 0.15) is 11.1 Å². The molecule has 2 nitrogen and oxygen atoms in total. The first-order valence-corrected chi connectivity index (χ1v) is 4.26. The van der Waals surface area contributed by atoms with Crippen LogP contribution in [0.4, 0.5) is 0 Å². The summed E-state index contributed by atoms with van der Waals surface area (Å²) in [6.45, 7) is 1.61. The molecule has 0 unspecified atom stereocenters. The largest absolute Gasteiger partial charge is 0.233 e. The second-order valence-corrected chi connectivity index (χ2v) is 3.75. The zero-order chi connectivity index (χ0) is 8.43. The second-order valence-electron chi connectivity index (χ2n) is 1.81. The zero-order valence-electron chi connectivity index (χ0n) is 5.52. The average molecular weight is 208 g/mol. The molecule has 0 fully saturated rings. The third-order valence-electron chi connectivity index (χ3n) is 1.05. The van der Waals surface area contributed by atoms with Crippen LogP contribution in [0.3, 0.4) is 0 Å². The maximum absolute atomic E-state index is 10.2. The highest BCUT2D eigenvalue weighted by atomic mass is 35.5. The van der Waals surface area contributed by atoms with E-state index in [0.717, 1.165) is 0 Å². The molecule has 0 aliphatic carbocycles. The minimum atomic E-state index is 0.265. The van der Waals surface area contributed by atoms with Crippen molar-refractivity contribution in [2.75, 3.05) is 0 Å². The molecule has 0 saturated heterocycles. The molecule has 0 aliphatic heterocycles. The molecule has 0 amide bonds. The van der Waals surface area contributed by atoms with Crippen molar-refractivity contribution in [2.45, 2.75) is 6.92 Å². The number of aromatic nitrogens is 1. The van der Waals surface area contributed by atoms with Crippen LogP contribution in [0.5, 0.6) is 0 Å². The molecular weight excluding hydrogens is 205 g/mol.